The van der Waals surface area contributed by atoms with Crippen molar-refractivity contribution < 1.29 is 0 Å². The molecule has 0 atom stereocenters. The zero-order chi connectivity index (χ0) is 11.4. The third-order valence-electron chi connectivity index (χ3n) is 1.96. The molecule has 6 nitrogen and oxygen atoms in total. The first-order valence-corrected chi connectivity index (χ1v) is 4.79. The highest BCUT2D eigenvalue weighted by Gasteiger charge is 2.00. The number of nitrogens with two attached hydrogens (primary N) is 2. The van der Waals surface area contributed by atoms with Crippen LogP contribution >= 0.6 is 12.4 Å². The summed E-state index contributed by atoms with van der Waals surface area (Å²) < 4.78 is 0. The lowest BCUT2D eigenvalue weighted by Gasteiger charge is -2.05. The molecule has 0 radical (unpaired) electrons. The molecular formula is C10H13ClN6. The van der Waals surface area contributed by atoms with Crippen molar-refractivity contribution in [2.24, 2.45) is 0 Å². The first kappa shape index (κ1) is 13.0. The van der Waals surface area contributed by atoms with Gasteiger partial charge >= 0.3 is 0 Å². The summed E-state index contributed by atoms with van der Waals surface area (Å²) in [5, 5.41) is 3.02. The lowest BCUT2D eigenvalue weighted by atomic mass is 10.2. The predicted octanol–water partition coefficient (Wildman–Crippen LogP) is 1.07. The number of rotatable bonds is 3. The molecule has 0 aliphatic heterocycles. The fourth-order valence-electron chi connectivity index (χ4n) is 1.27. The minimum atomic E-state index is 0. The third kappa shape index (κ3) is 3.76. The Labute approximate surface area is 105 Å². The quantitative estimate of drug-likeness (QED) is 0.755. The predicted molar refractivity (Wildman–Crippen MR) is 69.7 cm³/mol. The smallest absolute Gasteiger partial charge is 0.229 e. The van der Waals surface area contributed by atoms with Crippen molar-refractivity contribution in [3.63, 3.8) is 0 Å². The van der Waals surface area contributed by atoms with Crippen LogP contribution < -0.4 is 16.8 Å². The Hall–Kier alpha value is -2.08. The summed E-state index contributed by atoms with van der Waals surface area (Å²) in [5.74, 6) is 0.611. The minimum Gasteiger partial charge on any atom is -0.368 e. The molecule has 5 N–H and O–H groups in total. The summed E-state index contributed by atoms with van der Waals surface area (Å²) in [4.78, 5) is 11.5. The molecule has 1 aromatic heterocycles. The normalized spacial score (nSPS) is 9.41. The first-order chi connectivity index (χ1) is 7.74. The van der Waals surface area contributed by atoms with Crippen LogP contribution in [0.5, 0.6) is 0 Å². The van der Waals surface area contributed by atoms with E-state index >= 15 is 0 Å². The van der Waals surface area contributed by atoms with Gasteiger partial charge in [0, 0.05) is 6.54 Å². The molecule has 0 spiro atoms. The van der Waals surface area contributed by atoms with Crippen LogP contribution in [0.1, 0.15) is 5.56 Å². The fraction of sp³-hybridized carbons (Fsp3) is 0.100. The van der Waals surface area contributed by atoms with Gasteiger partial charge in [0.05, 0.1) is 0 Å². The number of anilines is 3. The maximum absolute atomic E-state index is 5.45. The summed E-state index contributed by atoms with van der Waals surface area (Å²) in [5.41, 5.74) is 12.0. The van der Waals surface area contributed by atoms with Crippen molar-refractivity contribution in [2.75, 3.05) is 16.8 Å². The van der Waals surface area contributed by atoms with Gasteiger partial charge in [-0.25, -0.2) is 0 Å². The zero-order valence-electron chi connectivity index (χ0n) is 9.00. The average molecular weight is 253 g/mol. The van der Waals surface area contributed by atoms with Crippen molar-refractivity contribution >= 4 is 30.3 Å². The molecule has 0 amide bonds. The molecule has 90 valence electrons. The van der Waals surface area contributed by atoms with Crippen LogP contribution in [0.4, 0.5) is 17.8 Å². The van der Waals surface area contributed by atoms with Crippen LogP contribution in [0.3, 0.4) is 0 Å². The highest BCUT2D eigenvalue weighted by molar-refractivity contribution is 5.85. The second-order valence-electron chi connectivity index (χ2n) is 3.21. The molecular weight excluding hydrogens is 240 g/mol. The molecule has 7 heteroatoms. The van der Waals surface area contributed by atoms with Gasteiger partial charge in [0.2, 0.25) is 17.8 Å². The molecule has 2 rings (SSSR count). The van der Waals surface area contributed by atoms with E-state index in [1.807, 2.05) is 30.3 Å². The Morgan fingerprint density at radius 3 is 2.12 bits per heavy atom. The molecule has 0 unspecified atom stereocenters. The number of benzene rings is 1. The molecule has 1 aromatic carbocycles. The highest BCUT2D eigenvalue weighted by Crippen LogP contribution is 2.06. The van der Waals surface area contributed by atoms with Gasteiger partial charge in [-0.15, -0.1) is 12.4 Å². The Morgan fingerprint density at radius 2 is 1.53 bits per heavy atom. The van der Waals surface area contributed by atoms with Crippen LogP contribution in [0.25, 0.3) is 0 Å². The first-order valence-electron chi connectivity index (χ1n) is 4.79. The maximum atomic E-state index is 5.45. The Morgan fingerprint density at radius 1 is 0.941 bits per heavy atom. The SMILES string of the molecule is Cl.Nc1nc(N)nc(NCc2ccccc2)n1. The standard InChI is InChI=1S/C10H12N6.ClH/c11-8-14-9(12)16-10(15-8)13-6-7-4-2-1-3-5-7;/h1-5H,6H2,(H5,11,12,13,14,15,16);1H. The van der Waals surface area contributed by atoms with Gasteiger partial charge in [0.15, 0.2) is 0 Å². The summed E-state index contributed by atoms with van der Waals surface area (Å²) in [6, 6.07) is 9.89. The van der Waals surface area contributed by atoms with E-state index in [2.05, 4.69) is 20.3 Å². The lowest BCUT2D eigenvalue weighted by molar-refractivity contribution is 1.02. The van der Waals surface area contributed by atoms with Crippen molar-refractivity contribution in [3.8, 4) is 0 Å². The molecule has 0 saturated heterocycles. The molecule has 1 heterocycles. The van der Waals surface area contributed by atoms with Crippen molar-refractivity contribution in [1.82, 2.24) is 15.0 Å². The topological polar surface area (TPSA) is 103 Å². The molecule has 0 saturated carbocycles. The Bertz CT molecular complexity index is 455. The van der Waals surface area contributed by atoms with Crippen molar-refractivity contribution in [1.29, 1.82) is 0 Å². The minimum absolute atomic E-state index is 0. The average Bonchev–Trinajstić information content (AvgIpc) is 2.27. The van der Waals surface area contributed by atoms with Crippen LogP contribution in [0, 0.1) is 0 Å². The Kier molecular flexibility index (Phi) is 4.47. The van der Waals surface area contributed by atoms with Crippen LogP contribution in [-0.4, -0.2) is 15.0 Å². The van der Waals surface area contributed by atoms with Gasteiger partial charge in [-0.3, -0.25) is 0 Å². The fourth-order valence-corrected chi connectivity index (χ4v) is 1.27. The number of hydrogen-bond donors (Lipinski definition) is 3. The van der Waals surface area contributed by atoms with E-state index in [1.54, 1.807) is 0 Å². The van der Waals surface area contributed by atoms with E-state index in [1.165, 1.54) is 0 Å². The zero-order valence-corrected chi connectivity index (χ0v) is 9.81. The van der Waals surface area contributed by atoms with Gasteiger partial charge in [-0.1, -0.05) is 30.3 Å². The number of nitrogens with zero attached hydrogens (tertiary/aromatic N) is 3. The summed E-state index contributed by atoms with van der Waals surface area (Å²) in [7, 11) is 0. The summed E-state index contributed by atoms with van der Waals surface area (Å²) >= 11 is 0. The van der Waals surface area contributed by atoms with Crippen LogP contribution in [0.2, 0.25) is 0 Å². The molecule has 0 aliphatic carbocycles. The molecule has 17 heavy (non-hydrogen) atoms. The second kappa shape index (κ2) is 5.86. The van der Waals surface area contributed by atoms with Gasteiger partial charge in [0.1, 0.15) is 0 Å². The van der Waals surface area contributed by atoms with E-state index in [-0.39, 0.29) is 24.3 Å². The number of hydrogen-bond acceptors (Lipinski definition) is 6. The van der Waals surface area contributed by atoms with Gasteiger partial charge < -0.3 is 16.8 Å². The monoisotopic (exact) mass is 252 g/mol. The van der Waals surface area contributed by atoms with E-state index in [9.17, 15) is 0 Å². The highest BCUT2D eigenvalue weighted by atomic mass is 35.5. The largest absolute Gasteiger partial charge is 0.368 e. The van der Waals surface area contributed by atoms with E-state index < -0.39 is 0 Å². The summed E-state index contributed by atoms with van der Waals surface area (Å²) in [6.07, 6.45) is 0. The lowest BCUT2D eigenvalue weighted by Crippen LogP contribution is -2.09. The maximum Gasteiger partial charge on any atom is 0.229 e. The van der Waals surface area contributed by atoms with Crippen molar-refractivity contribution in [2.45, 2.75) is 6.54 Å². The van der Waals surface area contributed by atoms with Crippen LogP contribution in [-0.2, 0) is 6.54 Å². The van der Waals surface area contributed by atoms with E-state index in [4.69, 9.17) is 11.5 Å². The second-order valence-corrected chi connectivity index (χ2v) is 3.21. The number of nitrogen functional groups attached to an aromatic ring is 2. The molecule has 0 bridgehead atoms. The van der Waals surface area contributed by atoms with Gasteiger partial charge in [-0.05, 0) is 5.56 Å². The summed E-state index contributed by atoms with van der Waals surface area (Å²) in [6.45, 7) is 0.615. The van der Waals surface area contributed by atoms with E-state index in [0.29, 0.717) is 12.5 Å². The van der Waals surface area contributed by atoms with Crippen molar-refractivity contribution in [3.05, 3.63) is 35.9 Å². The molecule has 0 aliphatic rings. The number of nitrogens with one attached hydrogen (secondary N) is 1. The Balaban J connectivity index is 0.00000144. The van der Waals surface area contributed by atoms with E-state index in [0.717, 1.165) is 5.56 Å². The number of aromatic nitrogens is 3. The third-order valence-corrected chi connectivity index (χ3v) is 1.96. The van der Waals surface area contributed by atoms with Gasteiger partial charge in [-0.2, -0.15) is 15.0 Å². The number of halogens is 1. The molecule has 0 fully saturated rings. The molecule has 2 aromatic rings. The van der Waals surface area contributed by atoms with Crippen LogP contribution in [0.15, 0.2) is 30.3 Å². The van der Waals surface area contributed by atoms with Gasteiger partial charge in [0.25, 0.3) is 0 Å².